The van der Waals surface area contributed by atoms with Crippen LogP contribution in [-0.2, 0) is 6.42 Å². The molecule has 1 unspecified atom stereocenters. The van der Waals surface area contributed by atoms with E-state index in [1.165, 1.54) is 17.3 Å². The van der Waals surface area contributed by atoms with Crippen LogP contribution in [0.5, 0.6) is 0 Å². The minimum atomic E-state index is -1.08. The fourth-order valence-corrected chi connectivity index (χ4v) is 2.45. The van der Waals surface area contributed by atoms with Crippen LogP contribution in [0.25, 0.3) is 0 Å². The zero-order valence-corrected chi connectivity index (χ0v) is 10.6. The molecule has 2 heterocycles. The Morgan fingerprint density at radius 1 is 1.50 bits per heavy atom. The summed E-state index contributed by atoms with van der Waals surface area (Å²) in [5, 5.41) is 14.1. The maximum absolute atomic E-state index is 11.0. The third-order valence-corrected chi connectivity index (χ3v) is 3.27. The smallest absolute Gasteiger partial charge is 0.358 e. The van der Waals surface area contributed by atoms with E-state index in [0.29, 0.717) is 5.82 Å². The molecule has 0 aliphatic rings. The molecular weight excluding hydrogens is 250 g/mol. The van der Waals surface area contributed by atoms with E-state index in [4.69, 9.17) is 5.11 Å². The van der Waals surface area contributed by atoms with Crippen LogP contribution in [0.2, 0.25) is 0 Å². The fraction of sp³-hybridized carbons (Fsp3) is 0.250. The number of aromatic carboxylic acids is 1. The summed E-state index contributed by atoms with van der Waals surface area (Å²) < 4.78 is 0. The molecule has 5 nitrogen and oxygen atoms in total. The van der Waals surface area contributed by atoms with Crippen LogP contribution in [-0.4, -0.2) is 27.1 Å². The second kappa shape index (κ2) is 5.59. The number of hydrogen-bond acceptors (Lipinski definition) is 5. The van der Waals surface area contributed by atoms with E-state index in [1.54, 1.807) is 11.3 Å². The molecule has 0 aliphatic carbocycles. The van der Waals surface area contributed by atoms with Crippen LogP contribution in [0.4, 0.5) is 5.82 Å². The average Bonchev–Trinajstić information content (AvgIpc) is 2.82. The van der Waals surface area contributed by atoms with Crippen molar-refractivity contribution in [3.63, 3.8) is 0 Å². The van der Waals surface area contributed by atoms with Gasteiger partial charge in [0.1, 0.15) is 0 Å². The Morgan fingerprint density at radius 3 is 2.94 bits per heavy atom. The lowest BCUT2D eigenvalue weighted by molar-refractivity contribution is 0.0691. The van der Waals surface area contributed by atoms with Gasteiger partial charge in [-0.05, 0) is 18.4 Å². The van der Waals surface area contributed by atoms with E-state index in [-0.39, 0.29) is 11.7 Å². The number of carbonyl (C=O) groups is 1. The monoisotopic (exact) mass is 263 g/mol. The topological polar surface area (TPSA) is 75.1 Å². The Kier molecular flexibility index (Phi) is 3.88. The van der Waals surface area contributed by atoms with E-state index in [1.807, 2.05) is 18.4 Å². The normalized spacial score (nSPS) is 12.1. The van der Waals surface area contributed by atoms with Crippen LogP contribution in [0.15, 0.2) is 29.9 Å². The highest BCUT2D eigenvalue weighted by Gasteiger charge is 2.14. The summed E-state index contributed by atoms with van der Waals surface area (Å²) in [4.78, 5) is 20.1. The summed E-state index contributed by atoms with van der Waals surface area (Å²) in [6.45, 7) is 1.99. The van der Waals surface area contributed by atoms with Gasteiger partial charge >= 0.3 is 5.97 Å². The molecule has 0 radical (unpaired) electrons. The first-order valence-corrected chi connectivity index (χ1v) is 6.38. The first-order chi connectivity index (χ1) is 8.66. The van der Waals surface area contributed by atoms with Crippen LogP contribution in [0.1, 0.15) is 22.3 Å². The van der Waals surface area contributed by atoms with Gasteiger partial charge < -0.3 is 10.4 Å². The maximum atomic E-state index is 11.0. The molecule has 0 spiro atoms. The molecule has 0 saturated carbocycles. The molecule has 0 aliphatic heterocycles. The van der Waals surface area contributed by atoms with Gasteiger partial charge in [-0.2, -0.15) is 0 Å². The molecule has 2 rings (SSSR count). The van der Waals surface area contributed by atoms with E-state index in [2.05, 4.69) is 21.4 Å². The number of anilines is 1. The average molecular weight is 263 g/mol. The van der Waals surface area contributed by atoms with Gasteiger partial charge in [0.25, 0.3) is 0 Å². The molecule has 94 valence electrons. The van der Waals surface area contributed by atoms with Crippen LogP contribution in [0.3, 0.4) is 0 Å². The number of nitrogens with zero attached hydrogens (tertiary/aromatic N) is 2. The van der Waals surface area contributed by atoms with Gasteiger partial charge in [0.05, 0.1) is 0 Å². The quantitative estimate of drug-likeness (QED) is 0.865. The van der Waals surface area contributed by atoms with E-state index < -0.39 is 5.97 Å². The Morgan fingerprint density at radius 2 is 2.28 bits per heavy atom. The molecule has 2 N–H and O–H groups in total. The van der Waals surface area contributed by atoms with Crippen molar-refractivity contribution in [2.75, 3.05) is 5.32 Å². The Balaban J connectivity index is 2.07. The van der Waals surface area contributed by atoms with Gasteiger partial charge in [-0.3, -0.25) is 0 Å². The number of hydrogen-bond donors (Lipinski definition) is 2. The number of carboxylic acids is 1. The molecule has 18 heavy (non-hydrogen) atoms. The highest BCUT2D eigenvalue weighted by Crippen LogP contribution is 2.15. The lowest BCUT2D eigenvalue weighted by atomic mass is 10.2. The van der Waals surface area contributed by atoms with Gasteiger partial charge in [0, 0.05) is 29.7 Å². The first kappa shape index (κ1) is 12.5. The zero-order chi connectivity index (χ0) is 13.0. The zero-order valence-electron chi connectivity index (χ0n) is 9.83. The number of nitrogens with one attached hydrogen (secondary N) is 1. The molecule has 0 aromatic carbocycles. The molecule has 0 bridgehead atoms. The van der Waals surface area contributed by atoms with Crippen LogP contribution < -0.4 is 5.32 Å². The van der Waals surface area contributed by atoms with Crippen molar-refractivity contribution < 1.29 is 9.90 Å². The van der Waals surface area contributed by atoms with Gasteiger partial charge in [-0.25, -0.2) is 14.8 Å². The summed E-state index contributed by atoms with van der Waals surface area (Å²) >= 11 is 1.68. The van der Waals surface area contributed by atoms with E-state index in [0.717, 1.165) is 6.42 Å². The lowest BCUT2D eigenvalue weighted by Gasteiger charge is -2.14. The summed E-state index contributed by atoms with van der Waals surface area (Å²) in [5.74, 6) is -0.761. The van der Waals surface area contributed by atoms with Crippen molar-refractivity contribution in [1.29, 1.82) is 0 Å². The molecule has 0 fully saturated rings. The molecule has 2 aromatic heterocycles. The second-order valence-corrected chi connectivity index (χ2v) is 4.92. The predicted octanol–water partition coefficient (Wildman–Crippen LogP) is 2.28. The Bertz CT molecular complexity index is 528. The van der Waals surface area contributed by atoms with Gasteiger partial charge in [0.2, 0.25) is 0 Å². The SMILES string of the molecule is CC(Cc1cccs1)Nc1nccnc1C(=O)O. The van der Waals surface area contributed by atoms with Crippen LogP contribution >= 0.6 is 11.3 Å². The van der Waals surface area contributed by atoms with Gasteiger partial charge in [-0.1, -0.05) is 6.07 Å². The second-order valence-electron chi connectivity index (χ2n) is 3.89. The minimum absolute atomic E-state index is 0.0458. The van der Waals surface area contributed by atoms with Crippen molar-refractivity contribution in [3.8, 4) is 0 Å². The summed E-state index contributed by atoms with van der Waals surface area (Å²) in [6, 6.07) is 4.15. The number of thiophene rings is 1. The summed E-state index contributed by atoms with van der Waals surface area (Å²) in [7, 11) is 0. The molecule has 0 amide bonds. The molecule has 2 aromatic rings. The maximum Gasteiger partial charge on any atom is 0.358 e. The predicted molar refractivity (Wildman–Crippen MR) is 70.1 cm³/mol. The Labute approximate surface area is 109 Å². The van der Waals surface area contributed by atoms with Crippen molar-refractivity contribution in [1.82, 2.24) is 9.97 Å². The van der Waals surface area contributed by atoms with Crippen molar-refractivity contribution in [2.24, 2.45) is 0 Å². The number of rotatable bonds is 5. The standard InChI is InChI=1S/C12H13N3O2S/c1-8(7-9-3-2-6-18-9)15-11-10(12(16)17)13-4-5-14-11/h2-6,8H,7H2,1H3,(H,14,15)(H,16,17). The molecule has 6 heteroatoms. The minimum Gasteiger partial charge on any atom is -0.476 e. The van der Waals surface area contributed by atoms with Gasteiger partial charge in [0.15, 0.2) is 11.5 Å². The van der Waals surface area contributed by atoms with Crippen molar-refractivity contribution in [3.05, 3.63) is 40.5 Å². The van der Waals surface area contributed by atoms with Gasteiger partial charge in [-0.15, -0.1) is 11.3 Å². The first-order valence-electron chi connectivity index (χ1n) is 5.50. The third kappa shape index (κ3) is 3.04. The summed E-state index contributed by atoms with van der Waals surface area (Å²) in [5.41, 5.74) is -0.0458. The van der Waals surface area contributed by atoms with Crippen LogP contribution in [0, 0.1) is 0 Å². The number of aromatic nitrogens is 2. The molecular formula is C12H13N3O2S. The van der Waals surface area contributed by atoms with E-state index >= 15 is 0 Å². The fourth-order valence-electron chi connectivity index (χ4n) is 1.62. The lowest BCUT2D eigenvalue weighted by Crippen LogP contribution is -2.21. The molecule has 1 atom stereocenters. The molecule has 0 saturated heterocycles. The highest BCUT2D eigenvalue weighted by molar-refractivity contribution is 7.09. The highest BCUT2D eigenvalue weighted by atomic mass is 32.1. The van der Waals surface area contributed by atoms with Crippen molar-refractivity contribution in [2.45, 2.75) is 19.4 Å². The van der Waals surface area contributed by atoms with Crippen molar-refractivity contribution >= 4 is 23.1 Å². The third-order valence-electron chi connectivity index (χ3n) is 2.37. The Hall–Kier alpha value is -1.95. The number of carboxylic acid groups (broad SMARTS) is 1. The largest absolute Gasteiger partial charge is 0.476 e. The summed E-state index contributed by atoms with van der Waals surface area (Å²) in [6.07, 6.45) is 3.68. The van der Waals surface area contributed by atoms with E-state index in [9.17, 15) is 4.79 Å².